The second-order valence-corrected chi connectivity index (χ2v) is 9.94. The van der Waals surface area contributed by atoms with E-state index in [0.29, 0.717) is 25.2 Å². The van der Waals surface area contributed by atoms with Crippen molar-refractivity contribution < 1.29 is 13.2 Å². The summed E-state index contributed by atoms with van der Waals surface area (Å²) in [5, 5.41) is 0. The van der Waals surface area contributed by atoms with Gasteiger partial charge in [-0.05, 0) is 60.2 Å². The molecule has 0 saturated carbocycles. The number of para-hydroxylation sites is 1. The van der Waals surface area contributed by atoms with Crippen LogP contribution in [0.1, 0.15) is 33.5 Å². The van der Waals surface area contributed by atoms with Crippen LogP contribution in [-0.4, -0.2) is 32.3 Å². The topological polar surface area (TPSA) is 57.7 Å². The standard InChI is InChI=1S/C25H24N2O3S/c28-25(26-16-14-19-7-1-2-9-22(19)18-26)21-10-5-12-23(17-21)31(29,30)27-15-6-11-20-8-3-4-13-24(20)27/h1-5,7-10,12-13,17H,6,11,14-16,18H2. The maximum atomic E-state index is 13.5. The summed E-state index contributed by atoms with van der Waals surface area (Å²) >= 11 is 0. The number of hydrogen-bond donors (Lipinski definition) is 0. The molecular formula is C25H24N2O3S. The molecular weight excluding hydrogens is 408 g/mol. The second kappa shape index (κ2) is 7.85. The van der Waals surface area contributed by atoms with Crippen molar-refractivity contribution in [2.75, 3.05) is 17.4 Å². The molecule has 3 aromatic rings. The highest BCUT2D eigenvalue weighted by Gasteiger charge is 2.30. The summed E-state index contributed by atoms with van der Waals surface area (Å²) in [5.74, 6) is -0.134. The van der Waals surface area contributed by atoms with E-state index in [1.54, 1.807) is 23.1 Å². The Bertz CT molecular complexity index is 1250. The predicted molar refractivity (Wildman–Crippen MR) is 121 cm³/mol. The SMILES string of the molecule is O=C(c1cccc(S(=O)(=O)N2CCCc3ccccc32)c1)N1CCc2ccccc2C1. The van der Waals surface area contributed by atoms with Gasteiger partial charge in [0.1, 0.15) is 0 Å². The molecule has 0 atom stereocenters. The summed E-state index contributed by atoms with van der Waals surface area (Å²) in [6, 6.07) is 22.2. The molecule has 0 aromatic heterocycles. The van der Waals surface area contributed by atoms with Crippen LogP contribution >= 0.6 is 0 Å². The summed E-state index contributed by atoms with van der Waals surface area (Å²) < 4.78 is 28.4. The minimum atomic E-state index is -3.75. The van der Waals surface area contributed by atoms with Gasteiger partial charge in [0.25, 0.3) is 15.9 Å². The average Bonchev–Trinajstić information content (AvgIpc) is 2.83. The summed E-state index contributed by atoms with van der Waals surface area (Å²) in [4.78, 5) is 15.1. The Labute approximate surface area is 183 Å². The van der Waals surface area contributed by atoms with Gasteiger partial charge in [-0.15, -0.1) is 0 Å². The van der Waals surface area contributed by atoms with Crippen LogP contribution in [0.2, 0.25) is 0 Å². The largest absolute Gasteiger partial charge is 0.334 e. The van der Waals surface area contributed by atoms with Gasteiger partial charge in [0, 0.05) is 25.2 Å². The monoisotopic (exact) mass is 432 g/mol. The fourth-order valence-corrected chi connectivity index (χ4v) is 6.10. The van der Waals surface area contributed by atoms with E-state index in [0.717, 1.165) is 36.1 Å². The molecule has 0 spiro atoms. The van der Waals surface area contributed by atoms with Gasteiger partial charge in [-0.1, -0.05) is 48.5 Å². The van der Waals surface area contributed by atoms with E-state index in [-0.39, 0.29) is 10.8 Å². The number of hydrogen-bond acceptors (Lipinski definition) is 3. The minimum absolute atomic E-state index is 0.134. The van der Waals surface area contributed by atoms with Gasteiger partial charge in [-0.25, -0.2) is 8.42 Å². The van der Waals surface area contributed by atoms with E-state index >= 15 is 0 Å². The van der Waals surface area contributed by atoms with Crippen LogP contribution < -0.4 is 4.31 Å². The van der Waals surface area contributed by atoms with E-state index in [2.05, 4.69) is 6.07 Å². The third-order valence-electron chi connectivity index (χ3n) is 6.15. The highest BCUT2D eigenvalue weighted by molar-refractivity contribution is 7.92. The van der Waals surface area contributed by atoms with E-state index in [1.165, 1.54) is 15.9 Å². The highest BCUT2D eigenvalue weighted by Crippen LogP contribution is 2.32. The molecule has 0 bridgehead atoms. The molecule has 0 saturated heterocycles. The molecule has 5 nitrogen and oxygen atoms in total. The van der Waals surface area contributed by atoms with Crippen molar-refractivity contribution >= 4 is 21.6 Å². The van der Waals surface area contributed by atoms with Crippen molar-refractivity contribution in [2.45, 2.75) is 30.7 Å². The van der Waals surface area contributed by atoms with Crippen LogP contribution in [0.3, 0.4) is 0 Å². The Hall–Kier alpha value is -3.12. The van der Waals surface area contributed by atoms with Crippen LogP contribution in [0.15, 0.2) is 77.7 Å². The van der Waals surface area contributed by atoms with Crippen molar-refractivity contribution in [3.05, 3.63) is 95.1 Å². The van der Waals surface area contributed by atoms with E-state index in [1.807, 2.05) is 42.5 Å². The number of carbonyl (C=O) groups is 1. The van der Waals surface area contributed by atoms with Gasteiger partial charge in [0.15, 0.2) is 0 Å². The molecule has 2 heterocycles. The molecule has 0 fully saturated rings. The lowest BCUT2D eigenvalue weighted by molar-refractivity contribution is 0.0734. The molecule has 158 valence electrons. The van der Waals surface area contributed by atoms with Gasteiger partial charge in [0.2, 0.25) is 0 Å². The number of carbonyl (C=O) groups excluding carboxylic acids is 1. The van der Waals surface area contributed by atoms with Gasteiger partial charge < -0.3 is 4.90 Å². The third-order valence-corrected chi connectivity index (χ3v) is 7.96. The molecule has 0 radical (unpaired) electrons. The lowest BCUT2D eigenvalue weighted by Crippen LogP contribution is -2.37. The quantitative estimate of drug-likeness (QED) is 0.628. The van der Waals surface area contributed by atoms with Crippen molar-refractivity contribution in [1.29, 1.82) is 0 Å². The summed E-state index contributed by atoms with van der Waals surface area (Å²) in [7, 11) is -3.75. The first-order valence-electron chi connectivity index (χ1n) is 10.6. The zero-order valence-corrected chi connectivity index (χ0v) is 18.0. The molecule has 1 amide bonds. The van der Waals surface area contributed by atoms with Crippen LogP contribution in [0.25, 0.3) is 0 Å². The average molecular weight is 433 g/mol. The molecule has 0 unspecified atom stereocenters. The Balaban J connectivity index is 1.44. The fourth-order valence-electron chi connectivity index (χ4n) is 4.52. The lowest BCUT2D eigenvalue weighted by Gasteiger charge is -2.31. The third kappa shape index (κ3) is 3.61. The first-order valence-corrected chi connectivity index (χ1v) is 12.0. The number of fused-ring (bicyclic) bond motifs is 2. The first kappa shape index (κ1) is 19.8. The van der Waals surface area contributed by atoms with Crippen LogP contribution in [-0.2, 0) is 29.4 Å². The molecule has 5 rings (SSSR count). The van der Waals surface area contributed by atoms with Crippen molar-refractivity contribution in [1.82, 2.24) is 4.90 Å². The Morgan fingerprint density at radius 2 is 1.52 bits per heavy atom. The normalized spacial score (nSPS) is 15.9. The van der Waals surface area contributed by atoms with Crippen molar-refractivity contribution in [3.63, 3.8) is 0 Å². The zero-order valence-electron chi connectivity index (χ0n) is 17.2. The maximum Gasteiger partial charge on any atom is 0.264 e. The maximum absolute atomic E-state index is 13.5. The van der Waals surface area contributed by atoms with E-state index in [9.17, 15) is 13.2 Å². The van der Waals surface area contributed by atoms with Crippen LogP contribution in [0, 0.1) is 0 Å². The van der Waals surface area contributed by atoms with Gasteiger partial charge in [0.05, 0.1) is 10.6 Å². The number of benzene rings is 3. The Kier molecular flexibility index (Phi) is 5.02. The van der Waals surface area contributed by atoms with Gasteiger partial charge in [-0.3, -0.25) is 9.10 Å². The Morgan fingerprint density at radius 3 is 2.35 bits per heavy atom. The number of anilines is 1. The molecule has 0 N–H and O–H groups in total. The molecule has 6 heteroatoms. The van der Waals surface area contributed by atoms with Crippen LogP contribution in [0.5, 0.6) is 0 Å². The summed E-state index contributed by atoms with van der Waals surface area (Å²) in [6.45, 7) is 1.62. The van der Waals surface area contributed by atoms with Gasteiger partial charge in [-0.2, -0.15) is 0 Å². The van der Waals surface area contributed by atoms with Crippen molar-refractivity contribution in [3.8, 4) is 0 Å². The van der Waals surface area contributed by atoms with Crippen LogP contribution in [0.4, 0.5) is 5.69 Å². The van der Waals surface area contributed by atoms with Crippen molar-refractivity contribution in [2.24, 2.45) is 0 Å². The number of amides is 1. The predicted octanol–water partition coefficient (Wildman–Crippen LogP) is 4.03. The zero-order chi connectivity index (χ0) is 21.4. The first-order chi connectivity index (χ1) is 15.0. The van der Waals surface area contributed by atoms with E-state index < -0.39 is 10.0 Å². The minimum Gasteiger partial charge on any atom is -0.334 e. The second-order valence-electron chi connectivity index (χ2n) is 8.08. The molecule has 3 aromatic carbocycles. The smallest absolute Gasteiger partial charge is 0.264 e. The number of rotatable bonds is 3. The lowest BCUT2D eigenvalue weighted by atomic mass is 9.99. The molecule has 2 aliphatic heterocycles. The number of nitrogens with zero attached hydrogens (tertiary/aromatic N) is 2. The number of aryl methyl sites for hydroxylation is 1. The molecule has 31 heavy (non-hydrogen) atoms. The Morgan fingerprint density at radius 1 is 0.774 bits per heavy atom. The van der Waals surface area contributed by atoms with E-state index in [4.69, 9.17) is 0 Å². The summed E-state index contributed by atoms with van der Waals surface area (Å²) in [6.07, 6.45) is 2.46. The summed E-state index contributed by atoms with van der Waals surface area (Å²) in [5.41, 5.74) is 4.60. The highest BCUT2D eigenvalue weighted by atomic mass is 32.2. The fraction of sp³-hybridized carbons (Fsp3) is 0.240. The van der Waals surface area contributed by atoms with Gasteiger partial charge >= 0.3 is 0 Å². The molecule has 2 aliphatic rings. The number of sulfonamides is 1. The molecule has 0 aliphatic carbocycles.